The third-order valence-corrected chi connectivity index (χ3v) is 5.25. The summed E-state index contributed by atoms with van der Waals surface area (Å²) in [6.45, 7) is 2.16. The summed E-state index contributed by atoms with van der Waals surface area (Å²) in [7, 11) is 2.03. The van der Waals surface area contributed by atoms with Crippen LogP contribution < -0.4 is 5.32 Å². The van der Waals surface area contributed by atoms with E-state index in [1.54, 1.807) is 0 Å². The summed E-state index contributed by atoms with van der Waals surface area (Å²) in [5.74, 6) is 1.05. The number of aryl methyl sites for hydroxylation is 1. The summed E-state index contributed by atoms with van der Waals surface area (Å²) in [5.41, 5.74) is 1.39. The maximum atomic E-state index is 3.46. The monoisotopic (exact) mass is 341 g/mol. The van der Waals surface area contributed by atoms with Crippen LogP contribution in [0.1, 0.15) is 16.5 Å². The number of benzene rings is 1. The van der Waals surface area contributed by atoms with Gasteiger partial charge < -0.3 is 5.32 Å². The van der Waals surface area contributed by atoms with Gasteiger partial charge in [-0.25, -0.2) is 0 Å². The fourth-order valence-electron chi connectivity index (χ4n) is 1.70. The molecular formula is C14H16BrNS2. The Labute approximate surface area is 125 Å². The molecule has 0 amide bonds. The fraction of sp³-hybridized carbons (Fsp3) is 0.286. The summed E-state index contributed by atoms with van der Waals surface area (Å²) < 4.78 is 1.13. The van der Waals surface area contributed by atoms with E-state index in [0.29, 0.717) is 6.04 Å². The van der Waals surface area contributed by atoms with Crippen molar-refractivity contribution in [3.63, 3.8) is 0 Å². The zero-order chi connectivity index (χ0) is 13.0. The molecule has 1 aromatic heterocycles. The number of hydrogen-bond donors (Lipinski definition) is 1. The van der Waals surface area contributed by atoms with Crippen molar-refractivity contribution < 1.29 is 0 Å². The summed E-state index contributed by atoms with van der Waals surface area (Å²) in [4.78, 5) is 2.68. The maximum absolute atomic E-state index is 3.46. The highest BCUT2D eigenvalue weighted by Crippen LogP contribution is 2.27. The van der Waals surface area contributed by atoms with Crippen molar-refractivity contribution in [3.8, 4) is 0 Å². The average Bonchev–Trinajstić information content (AvgIpc) is 2.79. The third kappa shape index (κ3) is 3.85. The van der Waals surface area contributed by atoms with Crippen LogP contribution in [0.5, 0.6) is 0 Å². The molecule has 1 atom stereocenters. The van der Waals surface area contributed by atoms with Crippen LogP contribution in [0.25, 0.3) is 0 Å². The lowest BCUT2D eigenvalue weighted by molar-refractivity contribution is 0.664. The maximum Gasteiger partial charge on any atom is 0.0421 e. The molecule has 0 fully saturated rings. The van der Waals surface area contributed by atoms with Gasteiger partial charge in [0.2, 0.25) is 0 Å². The van der Waals surface area contributed by atoms with Gasteiger partial charge in [-0.2, -0.15) is 0 Å². The van der Waals surface area contributed by atoms with Crippen LogP contribution in [0.2, 0.25) is 0 Å². The highest BCUT2D eigenvalue weighted by Gasteiger charge is 2.11. The highest BCUT2D eigenvalue weighted by atomic mass is 79.9. The van der Waals surface area contributed by atoms with E-state index in [1.165, 1.54) is 15.3 Å². The Morgan fingerprint density at radius 3 is 2.61 bits per heavy atom. The minimum atomic E-state index is 0.420. The van der Waals surface area contributed by atoms with Crippen LogP contribution in [-0.4, -0.2) is 12.8 Å². The number of nitrogens with one attached hydrogen (secondary N) is 1. The Balaban J connectivity index is 1.97. The zero-order valence-electron chi connectivity index (χ0n) is 10.4. The molecule has 1 heterocycles. The lowest BCUT2D eigenvalue weighted by Crippen LogP contribution is -2.17. The Morgan fingerprint density at radius 2 is 2.06 bits per heavy atom. The van der Waals surface area contributed by atoms with Crippen LogP contribution in [0.4, 0.5) is 0 Å². The van der Waals surface area contributed by atoms with Gasteiger partial charge in [0.1, 0.15) is 0 Å². The smallest absolute Gasteiger partial charge is 0.0421 e. The Bertz CT molecular complexity index is 493. The van der Waals surface area contributed by atoms with Gasteiger partial charge in [0.15, 0.2) is 0 Å². The van der Waals surface area contributed by atoms with E-state index < -0.39 is 0 Å². The first kappa shape index (κ1) is 14.1. The van der Waals surface area contributed by atoms with Gasteiger partial charge in [0, 0.05) is 26.0 Å². The van der Waals surface area contributed by atoms with Crippen molar-refractivity contribution in [2.24, 2.45) is 0 Å². The van der Waals surface area contributed by atoms with E-state index in [0.717, 1.165) is 10.2 Å². The lowest BCUT2D eigenvalue weighted by atomic mass is 10.2. The number of halogens is 1. The van der Waals surface area contributed by atoms with Gasteiger partial charge in [-0.15, -0.1) is 23.1 Å². The molecule has 0 aliphatic rings. The third-order valence-electron chi connectivity index (χ3n) is 2.73. The van der Waals surface area contributed by atoms with Crippen molar-refractivity contribution in [3.05, 3.63) is 50.6 Å². The summed E-state index contributed by atoms with van der Waals surface area (Å²) >= 11 is 7.16. The average molecular weight is 342 g/mol. The molecule has 0 radical (unpaired) electrons. The van der Waals surface area contributed by atoms with Crippen LogP contribution in [0.3, 0.4) is 0 Å². The first-order chi connectivity index (χ1) is 8.69. The molecule has 0 spiro atoms. The fourth-order valence-corrected chi connectivity index (χ4v) is 3.77. The first-order valence-corrected chi connectivity index (χ1v) is 8.45. The molecule has 0 aliphatic carbocycles. The molecule has 2 rings (SSSR count). The minimum absolute atomic E-state index is 0.420. The predicted molar refractivity (Wildman–Crippen MR) is 85.7 cm³/mol. The van der Waals surface area contributed by atoms with Gasteiger partial charge in [0.25, 0.3) is 0 Å². The second-order valence-corrected chi connectivity index (χ2v) is 7.22. The topological polar surface area (TPSA) is 12.0 Å². The molecule has 18 heavy (non-hydrogen) atoms. The molecule has 0 aliphatic heterocycles. The van der Waals surface area contributed by atoms with Gasteiger partial charge in [-0.3, -0.25) is 0 Å². The second-order valence-electron chi connectivity index (χ2n) is 4.10. The molecule has 96 valence electrons. The molecule has 0 saturated carbocycles. The van der Waals surface area contributed by atoms with Crippen molar-refractivity contribution in [2.45, 2.75) is 17.9 Å². The second kappa shape index (κ2) is 6.75. The lowest BCUT2D eigenvalue weighted by Gasteiger charge is -2.14. The molecule has 0 bridgehead atoms. The molecule has 0 saturated heterocycles. The number of hydrogen-bond acceptors (Lipinski definition) is 3. The zero-order valence-corrected chi connectivity index (χ0v) is 13.7. The number of rotatable bonds is 5. The van der Waals surface area contributed by atoms with E-state index in [2.05, 4.69) is 63.9 Å². The Morgan fingerprint density at radius 1 is 1.33 bits per heavy atom. The predicted octanol–water partition coefficient (Wildman–Crippen LogP) is 4.87. The normalized spacial score (nSPS) is 12.6. The van der Waals surface area contributed by atoms with E-state index in [4.69, 9.17) is 0 Å². The SMILES string of the molecule is CNC(CSc1ccc(Br)cc1)c1csc(C)c1. The van der Waals surface area contributed by atoms with Crippen LogP contribution in [-0.2, 0) is 0 Å². The highest BCUT2D eigenvalue weighted by molar-refractivity contribution is 9.10. The minimum Gasteiger partial charge on any atom is -0.312 e. The summed E-state index contributed by atoms with van der Waals surface area (Å²) in [6.07, 6.45) is 0. The van der Waals surface area contributed by atoms with Crippen LogP contribution >= 0.6 is 39.0 Å². The number of thiophene rings is 1. The summed E-state index contributed by atoms with van der Waals surface area (Å²) in [5, 5.41) is 5.64. The van der Waals surface area contributed by atoms with Crippen molar-refractivity contribution >= 4 is 39.0 Å². The van der Waals surface area contributed by atoms with E-state index in [1.807, 2.05) is 30.1 Å². The molecule has 1 unspecified atom stereocenters. The Kier molecular flexibility index (Phi) is 5.30. The van der Waals surface area contributed by atoms with E-state index >= 15 is 0 Å². The van der Waals surface area contributed by atoms with Gasteiger partial charge >= 0.3 is 0 Å². The Hall–Kier alpha value is -0.290. The van der Waals surface area contributed by atoms with Gasteiger partial charge in [-0.05, 0) is 55.2 Å². The van der Waals surface area contributed by atoms with Gasteiger partial charge in [0.05, 0.1) is 0 Å². The standard InChI is InChI=1S/C14H16BrNS2/c1-10-7-11(8-17-10)14(16-2)9-18-13-5-3-12(15)4-6-13/h3-8,14,16H,9H2,1-2H3. The molecule has 1 aromatic carbocycles. The molecule has 1 nitrogen and oxygen atoms in total. The van der Waals surface area contributed by atoms with E-state index in [-0.39, 0.29) is 0 Å². The van der Waals surface area contributed by atoms with Gasteiger partial charge in [-0.1, -0.05) is 15.9 Å². The molecular weight excluding hydrogens is 326 g/mol. The molecule has 4 heteroatoms. The first-order valence-electron chi connectivity index (χ1n) is 5.79. The van der Waals surface area contributed by atoms with Crippen molar-refractivity contribution in [1.82, 2.24) is 5.32 Å². The van der Waals surface area contributed by atoms with Crippen molar-refractivity contribution in [2.75, 3.05) is 12.8 Å². The molecule has 1 N–H and O–H groups in total. The summed E-state index contributed by atoms with van der Waals surface area (Å²) in [6, 6.07) is 11.2. The van der Waals surface area contributed by atoms with Crippen LogP contribution in [0.15, 0.2) is 45.1 Å². The largest absolute Gasteiger partial charge is 0.312 e. The molecule has 2 aromatic rings. The van der Waals surface area contributed by atoms with Crippen LogP contribution in [0, 0.1) is 6.92 Å². The number of thioether (sulfide) groups is 1. The quantitative estimate of drug-likeness (QED) is 0.778. The van der Waals surface area contributed by atoms with E-state index in [9.17, 15) is 0 Å². The van der Waals surface area contributed by atoms with Crippen molar-refractivity contribution in [1.29, 1.82) is 0 Å².